The van der Waals surface area contributed by atoms with Crippen molar-refractivity contribution in [1.29, 1.82) is 0 Å². The molecule has 0 aliphatic heterocycles. The Labute approximate surface area is 110 Å². The van der Waals surface area contributed by atoms with E-state index in [1.165, 1.54) is 4.90 Å². The van der Waals surface area contributed by atoms with E-state index < -0.39 is 11.5 Å². The number of aliphatic carboxylic acids is 1. The minimum Gasteiger partial charge on any atom is -0.480 e. The van der Waals surface area contributed by atoms with Crippen LogP contribution in [0.3, 0.4) is 0 Å². The van der Waals surface area contributed by atoms with Crippen molar-refractivity contribution in [2.75, 3.05) is 19.6 Å². The van der Waals surface area contributed by atoms with Gasteiger partial charge in [0.25, 0.3) is 0 Å². The van der Waals surface area contributed by atoms with Crippen LogP contribution in [0.25, 0.3) is 0 Å². The topological polar surface area (TPSA) is 60.9 Å². The van der Waals surface area contributed by atoms with E-state index in [1.54, 1.807) is 4.90 Å². The summed E-state index contributed by atoms with van der Waals surface area (Å²) in [5.74, 6) is -0.626. The Morgan fingerprint density at radius 1 is 1.22 bits per heavy atom. The fourth-order valence-corrected chi connectivity index (χ4v) is 1.68. The van der Waals surface area contributed by atoms with E-state index in [-0.39, 0.29) is 12.6 Å². The summed E-state index contributed by atoms with van der Waals surface area (Å²) in [5.41, 5.74) is -0.500. The first-order valence-electron chi connectivity index (χ1n) is 6.37. The van der Waals surface area contributed by atoms with Gasteiger partial charge in [-0.25, -0.2) is 4.79 Å². The van der Waals surface area contributed by atoms with E-state index in [2.05, 4.69) is 0 Å². The fraction of sp³-hybridized carbons (Fsp3) is 0.846. The van der Waals surface area contributed by atoms with Gasteiger partial charge in [0.05, 0.1) is 0 Å². The van der Waals surface area contributed by atoms with Gasteiger partial charge in [0.15, 0.2) is 0 Å². The van der Waals surface area contributed by atoms with Crippen LogP contribution in [-0.4, -0.2) is 52.1 Å². The molecule has 0 heterocycles. The molecule has 0 unspecified atom stereocenters. The molecule has 0 fully saturated rings. The molecule has 5 heteroatoms. The molecule has 106 valence electrons. The molecule has 0 aromatic heterocycles. The lowest BCUT2D eigenvalue weighted by molar-refractivity contribution is -0.138. The third-order valence-corrected chi connectivity index (χ3v) is 2.57. The molecule has 0 bridgehead atoms. The number of carboxylic acid groups (broad SMARTS) is 1. The van der Waals surface area contributed by atoms with Gasteiger partial charge in [-0.3, -0.25) is 4.79 Å². The summed E-state index contributed by atoms with van der Waals surface area (Å²) in [6.07, 6.45) is 0. The summed E-state index contributed by atoms with van der Waals surface area (Å²) >= 11 is 0. The standard InChI is InChI=1S/C13H26N2O3/c1-7-14(8-10(2)3)12(18)15(9-11(16)17)13(4,5)6/h10H,7-9H2,1-6H3,(H,16,17). The first-order chi connectivity index (χ1) is 8.09. The van der Waals surface area contributed by atoms with Gasteiger partial charge in [-0.05, 0) is 33.6 Å². The van der Waals surface area contributed by atoms with Crippen LogP contribution in [0.15, 0.2) is 0 Å². The molecule has 0 spiro atoms. The van der Waals surface area contributed by atoms with Crippen molar-refractivity contribution in [2.24, 2.45) is 5.92 Å². The van der Waals surface area contributed by atoms with E-state index >= 15 is 0 Å². The molecule has 0 saturated carbocycles. The molecule has 0 saturated heterocycles. The number of hydrogen-bond donors (Lipinski definition) is 1. The molecule has 1 N–H and O–H groups in total. The van der Waals surface area contributed by atoms with Crippen LogP contribution >= 0.6 is 0 Å². The zero-order valence-electron chi connectivity index (χ0n) is 12.4. The predicted octanol–water partition coefficient (Wildman–Crippen LogP) is 2.27. The third kappa shape index (κ3) is 5.38. The van der Waals surface area contributed by atoms with Crippen molar-refractivity contribution in [3.8, 4) is 0 Å². The Kier molecular flexibility index (Phi) is 6.15. The maximum atomic E-state index is 12.4. The number of carbonyl (C=O) groups excluding carboxylic acids is 1. The second-order valence-corrected chi connectivity index (χ2v) is 5.87. The molecule has 0 aliphatic rings. The minimum atomic E-state index is -0.987. The summed E-state index contributed by atoms with van der Waals surface area (Å²) in [6.45, 7) is 12.5. The van der Waals surface area contributed by atoms with Crippen molar-refractivity contribution in [3.63, 3.8) is 0 Å². The van der Waals surface area contributed by atoms with Gasteiger partial charge in [-0.2, -0.15) is 0 Å². The summed E-state index contributed by atoms with van der Waals surface area (Å²) in [4.78, 5) is 26.4. The Morgan fingerprint density at radius 2 is 1.72 bits per heavy atom. The Balaban J connectivity index is 4.98. The number of rotatable bonds is 5. The maximum absolute atomic E-state index is 12.4. The van der Waals surface area contributed by atoms with Gasteiger partial charge < -0.3 is 14.9 Å². The summed E-state index contributed by atoms with van der Waals surface area (Å²) < 4.78 is 0. The van der Waals surface area contributed by atoms with Crippen LogP contribution in [0.1, 0.15) is 41.5 Å². The molecule has 0 atom stereocenters. The molecule has 0 radical (unpaired) electrons. The van der Waals surface area contributed by atoms with Gasteiger partial charge in [-0.1, -0.05) is 13.8 Å². The van der Waals surface area contributed by atoms with Crippen molar-refractivity contribution in [1.82, 2.24) is 9.80 Å². The largest absolute Gasteiger partial charge is 0.480 e. The second kappa shape index (κ2) is 6.61. The van der Waals surface area contributed by atoms with E-state index in [0.29, 0.717) is 19.0 Å². The Bertz CT molecular complexity index is 295. The lowest BCUT2D eigenvalue weighted by atomic mass is 10.1. The molecule has 0 aromatic rings. The van der Waals surface area contributed by atoms with Crippen molar-refractivity contribution in [2.45, 2.75) is 47.1 Å². The molecule has 0 rings (SSSR count). The van der Waals surface area contributed by atoms with E-state index in [4.69, 9.17) is 5.11 Å². The summed E-state index contributed by atoms with van der Waals surface area (Å²) in [6, 6.07) is -0.207. The first-order valence-corrected chi connectivity index (χ1v) is 6.37. The molecular weight excluding hydrogens is 232 g/mol. The van der Waals surface area contributed by atoms with Crippen LogP contribution < -0.4 is 0 Å². The number of urea groups is 1. The monoisotopic (exact) mass is 258 g/mol. The lowest BCUT2D eigenvalue weighted by Crippen LogP contribution is -2.54. The van der Waals surface area contributed by atoms with Crippen LogP contribution in [-0.2, 0) is 4.79 Å². The number of carboxylic acids is 1. The number of nitrogens with zero attached hydrogens (tertiary/aromatic N) is 2. The van der Waals surface area contributed by atoms with Crippen LogP contribution in [0.5, 0.6) is 0 Å². The molecular formula is C13H26N2O3. The number of carbonyl (C=O) groups is 2. The highest BCUT2D eigenvalue weighted by molar-refractivity contribution is 5.80. The van der Waals surface area contributed by atoms with Crippen LogP contribution in [0.2, 0.25) is 0 Å². The van der Waals surface area contributed by atoms with E-state index in [1.807, 2.05) is 41.5 Å². The molecule has 5 nitrogen and oxygen atoms in total. The molecule has 18 heavy (non-hydrogen) atoms. The van der Waals surface area contributed by atoms with Gasteiger partial charge in [0.2, 0.25) is 0 Å². The highest BCUT2D eigenvalue weighted by Crippen LogP contribution is 2.16. The van der Waals surface area contributed by atoms with E-state index in [9.17, 15) is 9.59 Å². The third-order valence-electron chi connectivity index (χ3n) is 2.57. The van der Waals surface area contributed by atoms with Crippen LogP contribution in [0, 0.1) is 5.92 Å². The van der Waals surface area contributed by atoms with Gasteiger partial charge in [-0.15, -0.1) is 0 Å². The number of amides is 2. The average Bonchev–Trinajstić information content (AvgIpc) is 2.19. The predicted molar refractivity (Wildman–Crippen MR) is 71.6 cm³/mol. The molecule has 2 amide bonds. The normalized spacial score (nSPS) is 11.5. The smallest absolute Gasteiger partial charge is 0.323 e. The Hall–Kier alpha value is -1.26. The van der Waals surface area contributed by atoms with Crippen LogP contribution in [0.4, 0.5) is 4.79 Å². The van der Waals surface area contributed by atoms with Crippen molar-refractivity contribution >= 4 is 12.0 Å². The fourth-order valence-electron chi connectivity index (χ4n) is 1.68. The highest BCUT2D eigenvalue weighted by Gasteiger charge is 2.31. The Morgan fingerprint density at radius 3 is 2.00 bits per heavy atom. The van der Waals surface area contributed by atoms with Gasteiger partial charge in [0, 0.05) is 18.6 Å². The summed E-state index contributed by atoms with van der Waals surface area (Å²) in [7, 11) is 0. The van der Waals surface area contributed by atoms with Gasteiger partial charge >= 0.3 is 12.0 Å². The molecule has 0 aliphatic carbocycles. The van der Waals surface area contributed by atoms with E-state index in [0.717, 1.165) is 0 Å². The lowest BCUT2D eigenvalue weighted by Gasteiger charge is -2.38. The highest BCUT2D eigenvalue weighted by atomic mass is 16.4. The van der Waals surface area contributed by atoms with Gasteiger partial charge in [0.1, 0.15) is 6.54 Å². The zero-order valence-corrected chi connectivity index (χ0v) is 12.4. The number of hydrogen-bond acceptors (Lipinski definition) is 2. The quantitative estimate of drug-likeness (QED) is 0.823. The van der Waals surface area contributed by atoms with Crippen molar-refractivity contribution in [3.05, 3.63) is 0 Å². The average molecular weight is 258 g/mol. The van der Waals surface area contributed by atoms with Crippen molar-refractivity contribution < 1.29 is 14.7 Å². The zero-order chi connectivity index (χ0) is 14.5. The molecule has 0 aromatic carbocycles. The first kappa shape index (κ1) is 16.7. The summed E-state index contributed by atoms with van der Waals surface area (Å²) in [5, 5.41) is 8.92. The minimum absolute atomic E-state index is 0.207. The SMILES string of the molecule is CCN(CC(C)C)C(=O)N(CC(=O)O)C(C)(C)C. The second-order valence-electron chi connectivity index (χ2n) is 5.87. The maximum Gasteiger partial charge on any atom is 0.323 e.